The number of thiophene rings is 2. The maximum absolute atomic E-state index is 11.2. The first-order chi connectivity index (χ1) is 10.1. The van der Waals surface area contributed by atoms with Crippen LogP contribution in [0.4, 0.5) is 0 Å². The van der Waals surface area contributed by atoms with Crippen molar-refractivity contribution < 1.29 is 5.11 Å². The van der Waals surface area contributed by atoms with Gasteiger partial charge in [0.2, 0.25) is 0 Å². The van der Waals surface area contributed by atoms with E-state index in [0.29, 0.717) is 0 Å². The molecule has 0 aliphatic rings. The molecule has 3 rings (SSSR count). The molecule has 2 aromatic heterocycles. The third-order valence-electron chi connectivity index (χ3n) is 4.10. The second-order valence-corrected chi connectivity index (χ2v) is 7.28. The average Bonchev–Trinajstić information content (AvgIpc) is 3.17. The largest absolute Gasteiger partial charge is 0.385 e. The van der Waals surface area contributed by atoms with E-state index in [1.165, 1.54) is 9.75 Å². The Bertz CT molecular complexity index is 696. The maximum atomic E-state index is 11.2. The minimum Gasteiger partial charge on any atom is -0.385 e. The van der Waals surface area contributed by atoms with Crippen molar-refractivity contribution in [1.82, 2.24) is 0 Å². The minimum absolute atomic E-state index is 0.0343. The lowest BCUT2D eigenvalue weighted by atomic mass is 9.80. The van der Waals surface area contributed by atoms with Crippen molar-refractivity contribution in [3.63, 3.8) is 0 Å². The molecule has 0 saturated heterocycles. The summed E-state index contributed by atoms with van der Waals surface area (Å²) < 4.78 is 0. The Labute approximate surface area is 133 Å². The molecule has 2 atom stereocenters. The van der Waals surface area contributed by atoms with E-state index in [0.717, 1.165) is 11.1 Å². The van der Waals surface area contributed by atoms with Gasteiger partial charge in [0, 0.05) is 16.4 Å². The molecule has 0 spiro atoms. The SMILES string of the molecule is CC(c1ccccc1)C(C)(O)c1ccsc1-c1cccs1. The zero-order valence-electron chi connectivity index (χ0n) is 12.1. The highest BCUT2D eigenvalue weighted by Crippen LogP contribution is 2.44. The Balaban J connectivity index is 2.01. The highest BCUT2D eigenvalue weighted by molar-refractivity contribution is 7.20. The zero-order valence-corrected chi connectivity index (χ0v) is 13.7. The van der Waals surface area contributed by atoms with E-state index in [9.17, 15) is 5.11 Å². The Morgan fingerprint density at radius 1 is 0.952 bits per heavy atom. The van der Waals surface area contributed by atoms with Crippen molar-refractivity contribution in [1.29, 1.82) is 0 Å². The van der Waals surface area contributed by atoms with E-state index < -0.39 is 5.60 Å². The molecular weight excluding hydrogens is 296 g/mol. The highest BCUT2D eigenvalue weighted by atomic mass is 32.1. The van der Waals surface area contributed by atoms with Crippen molar-refractivity contribution in [3.8, 4) is 9.75 Å². The third kappa shape index (κ3) is 2.69. The molecule has 0 bridgehead atoms. The highest BCUT2D eigenvalue weighted by Gasteiger charge is 2.34. The molecule has 3 aromatic rings. The van der Waals surface area contributed by atoms with E-state index in [-0.39, 0.29) is 5.92 Å². The van der Waals surface area contributed by atoms with Crippen molar-refractivity contribution in [2.45, 2.75) is 25.4 Å². The van der Waals surface area contributed by atoms with Crippen LogP contribution >= 0.6 is 22.7 Å². The first-order valence-electron chi connectivity index (χ1n) is 7.00. The van der Waals surface area contributed by atoms with Gasteiger partial charge in [-0.25, -0.2) is 0 Å². The van der Waals surface area contributed by atoms with Crippen LogP contribution in [0.5, 0.6) is 0 Å². The van der Waals surface area contributed by atoms with Crippen LogP contribution in [0.25, 0.3) is 9.75 Å². The molecular formula is C18H18OS2. The smallest absolute Gasteiger partial charge is 0.0948 e. The molecule has 2 unspecified atom stereocenters. The van der Waals surface area contributed by atoms with Gasteiger partial charge < -0.3 is 5.11 Å². The van der Waals surface area contributed by atoms with Gasteiger partial charge >= 0.3 is 0 Å². The van der Waals surface area contributed by atoms with E-state index in [1.807, 2.05) is 25.1 Å². The van der Waals surface area contributed by atoms with Crippen LogP contribution in [0.3, 0.4) is 0 Å². The van der Waals surface area contributed by atoms with Gasteiger partial charge in [0.25, 0.3) is 0 Å². The van der Waals surface area contributed by atoms with Gasteiger partial charge in [-0.05, 0) is 35.4 Å². The first-order valence-corrected chi connectivity index (χ1v) is 8.76. The fourth-order valence-electron chi connectivity index (χ4n) is 2.61. The lowest BCUT2D eigenvalue weighted by Crippen LogP contribution is -2.28. The monoisotopic (exact) mass is 314 g/mol. The van der Waals surface area contributed by atoms with Gasteiger partial charge in [-0.1, -0.05) is 43.3 Å². The van der Waals surface area contributed by atoms with Crippen LogP contribution in [0.15, 0.2) is 59.3 Å². The molecule has 0 aliphatic carbocycles. The van der Waals surface area contributed by atoms with Crippen LogP contribution in [0.2, 0.25) is 0 Å². The molecule has 21 heavy (non-hydrogen) atoms. The van der Waals surface area contributed by atoms with Gasteiger partial charge in [-0.3, -0.25) is 0 Å². The van der Waals surface area contributed by atoms with Crippen molar-refractivity contribution in [2.24, 2.45) is 0 Å². The number of benzene rings is 1. The number of hydrogen-bond donors (Lipinski definition) is 1. The number of aliphatic hydroxyl groups is 1. The van der Waals surface area contributed by atoms with Crippen LogP contribution in [-0.4, -0.2) is 5.11 Å². The molecule has 0 fully saturated rings. The summed E-state index contributed by atoms with van der Waals surface area (Å²) in [5.74, 6) is 0.0343. The molecule has 1 nitrogen and oxygen atoms in total. The molecule has 1 aromatic carbocycles. The van der Waals surface area contributed by atoms with E-state index >= 15 is 0 Å². The zero-order chi connectivity index (χ0) is 14.9. The quantitative estimate of drug-likeness (QED) is 0.675. The van der Waals surface area contributed by atoms with E-state index in [2.05, 4.69) is 48.0 Å². The van der Waals surface area contributed by atoms with Crippen LogP contribution < -0.4 is 0 Å². The number of hydrogen-bond acceptors (Lipinski definition) is 3. The second kappa shape index (κ2) is 5.76. The van der Waals surface area contributed by atoms with Gasteiger partial charge in [-0.15, -0.1) is 22.7 Å². The Hall–Kier alpha value is -1.42. The fourth-order valence-corrected chi connectivity index (χ4v) is 4.50. The Kier molecular flexibility index (Phi) is 3.98. The molecule has 0 amide bonds. The molecule has 0 saturated carbocycles. The van der Waals surface area contributed by atoms with Crippen molar-refractivity contribution in [3.05, 3.63) is 70.4 Å². The van der Waals surface area contributed by atoms with Crippen LogP contribution in [0.1, 0.15) is 30.9 Å². The Morgan fingerprint density at radius 3 is 2.38 bits per heavy atom. The molecule has 3 heteroatoms. The number of rotatable bonds is 4. The first kappa shape index (κ1) is 14.5. The molecule has 0 radical (unpaired) electrons. The lowest BCUT2D eigenvalue weighted by Gasteiger charge is -2.31. The molecule has 0 aliphatic heterocycles. The molecule has 1 N–H and O–H groups in total. The summed E-state index contributed by atoms with van der Waals surface area (Å²) >= 11 is 3.41. The predicted molar refractivity (Wildman–Crippen MR) is 92.1 cm³/mol. The maximum Gasteiger partial charge on any atom is 0.0948 e. The topological polar surface area (TPSA) is 20.2 Å². The average molecular weight is 314 g/mol. The molecule has 2 heterocycles. The van der Waals surface area contributed by atoms with Gasteiger partial charge in [-0.2, -0.15) is 0 Å². The third-order valence-corrected chi connectivity index (χ3v) is 6.06. The van der Waals surface area contributed by atoms with Crippen LogP contribution in [0, 0.1) is 0 Å². The van der Waals surface area contributed by atoms with Crippen molar-refractivity contribution in [2.75, 3.05) is 0 Å². The second-order valence-electron chi connectivity index (χ2n) is 5.42. The fraction of sp³-hybridized carbons (Fsp3) is 0.222. The summed E-state index contributed by atoms with van der Waals surface area (Å²) in [7, 11) is 0. The van der Waals surface area contributed by atoms with Crippen LogP contribution in [-0.2, 0) is 5.60 Å². The predicted octanol–water partition coefficient (Wildman–Crippen LogP) is 5.49. The summed E-state index contributed by atoms with van der Waals surface area (Å²) in [6.45, 7) is 4.01. The molecule has 108 valence electrons. The Morgan fingerprint density at radius 2 is 1.71 bits per heavy atom. The summed E-state index contributed by atoms with van der Waals surface area (Å²) in [5.41, 5.74) is 1.29. The minimum atomic E-state index is -0.888. The lowest BCUT2D eigenvalue weighted by molar-refractivity contribution is 0.0333. The van der Waals surface area contributed by atoms with E-state index in [4.69, 9.17) is 0 Å². The summed E-state index contributed by atoms with van der Waals surface area (Å²) in [5, 5.41) is 15.3. The normalized spacial score (nSPS) is 15.6. The van der Waals surface area contributed by atoms with Gasteiger partial charge in [0.05, 0.1) is 10.5 Å². The van der Waals surface area contributed by atoms with E-state index in [1.54, 1.807) is 22.7 Å². The van der Waals surface area contributed by atoms with Gasteiger partial charge in [0.1, 0.15) is 0 Å². The summed E-state index contributed by atoms with van der Waals surface area (Å²) in [6.07, 6.45) is 0. The van der Waals surface area contributed by atoms with Gasteiger partial charge in [0.15, 0.2) is 0 Å². The standard InChI is InChI=1S/C18H18OS2/c1-13(14-7-4-3-5-8-14)18(2,19)15-10-12-21-17(15)16-9-6-11-20-16/h3-13,19H,1-2H3. The summed E-state index contributed by atoms with van der Waals surface area (Å²) in [4.78, 5) is 2.40. The van der Waals surface area contributed by atoms with Crippen molar-refractivity contribution >= 4 is 22.7 Å². The summed E-state index contributed by atoms with van der Waals surface area (Å²) in [6, 6.07) is 16.4.